The van der Waals surface area contributed by atoms with Gasteiger partial charge in [0.05, 0.1) is 11.8 Å². The van der Waals surface area contributed by atoms with Crippen LogP contribution in [0.5, 0.6) is 0 Å². The smallest absolute Gasteiger partial charge is 0.311 e. The third-order valence-corrected chi connectivity index (χ3v) is 2.27. The average Bonchev–Trinajstić information content (AvgIpc) is 2.27. The minimum absolute atomic E-state index is 0.444. The molecular formula is C9H12O4. The standard InChI is InChI=1S/C9H12O4/c10-8(11)6-4-2-1-3-5-7(6)9(12)13/h2,4,6-7H,1,3,5H2,(H,10,11)(H,12,13). The van der Waals surface area contributed by atoms with Crippen LogP contribution in [0, 0.1) is 11.8 Å². The van der Waals surface area contributed by atoms with Crippen LogP contribution in [0.15, 0.2) is 12.2 Å². The molecule has 1 aliphatic rings. The molecule has 2 unspecified atom stereocenters. The summed E-state index contributed by atoms with van der Waals surface area (Å²) in [5, 5.41) is 17.6. The molecule has 0 aromatic heterocycles. The van der Waals surface area contributed by atoms with Gasteiger partial charge in [-0.15, -0.1) is 0 Å². The first-order valence-corrected chi connectivity index (χ1v) is 4.25. The number of hydrogen-bond acceptors (Lipinski definition) is 2. The van der Waals surface area contributed by atoms with Gasteiger partial charge in [-0.2, -0.15) is 0 Å². The first-order chi connectivity index (χ1) is 6.13. The molecule has 2 N–H and O–H groups in total. The third-order valence-electron chi connectivity index (χ3n) is 2.27. The Morgan fingerprint density at radius 2 is 1.92 bits per heavy atom. The van der Waals surface area contributed by atoms with Crippen LogP contribution >= 0.6 is 0 Å². The molecule has 2 atom stereocenters. The number of aliphatic carboxylic acids is 2. The molecule has 0 saturated heterocycles. The van der Waals surface area contributed by atoms with Crippen LogP contribution in [0.4, 0.5) is 0 Å². The summed E-state index contributed by atoms with van der Waals surface area (Å²) in [4.78, 5) is 21.4. The maximum absolute atomic E-state index is 10.7. The van der Waals surface area contributed by atoms with Gasteiger partial charge in [0.1, 0.15) is 0 Å². The van der Waals surface area contributed by atoms with E-state index in [-0.39, 0.29) is 0 Å². The van der Waals surface area contributed by atoms with E-state index in [2.05, 4.69) is 0 Å². The Balaban J connectivity index is 2.82. The van der Waals surface area contributed by atoms with Crippen LogP contribution in [0.2, 0.25) is 0 Å². The Morgan fingerprint density at radius 3 is 2.46 bits per heavy atom. The van der Waals surface area contributed by atoms with Gasteiger partial charge in [-0.05, 0) is 19.3 Å². The third kappa shape index (κ3) is 2.31. The van der Waals surface area contributed by atoms with Crippen LogP contribution < -0.4 is 0 Å². The highest BCUT2D eigenvalue weighted by atomic mass is 16.4. The molecule has 1 aliphatic carbocycles. The minimum atomic E-state index is -1.05. The molecule has 1 rings (SSSR count). The normalized spacial score (nSPS) is 28.0. The molecule has 72 valence electrons. The molecule has 0 fully saturated rings. The van der Waals surface area contributed by atoms with Crippen LogP contribution in [0.25, 0.3) is 0 Å². The van der Waals surface area contributed by atoms with Crippen molar-refractivity contribution in [1.29, 1.82) is 0 Å². The minimum Gasteiger partial charge on any atom is -0.481 e. The molecule has 4 heteroatoms. The van der Waals surface area contributed by atoms with Crippen LogP contribution in [0.3, 0.4) is 0 Å². The fraction of sp³-hybridized carbons (Fsp3) is 0.556. The van der Waals surface area contributed by atoms with Gasteiger partial charge in [0.25, 0.3) is 0 Å². The maximum atomic E-state index is 10.7. The topological polar surface area (TPSA) is 74.6 Å². The second-order valence-electron chi connectivity index (χ2n) is 3.17. The van der Waals surface area contributed by atoms with E-state index in [1.807, 2.05) is 0 Å². The van der Waals surface area contributed by atoms with Crippen LogP contribution in [-0.2, 0) is 9.59 Å². The lowest BCUT2D eigenvalue weighted by molar-refractivity contribution is -0.151. The molecule has 4 nitrogen and oxygen atoms in total. The summed E-state index contributed by atoms with van der Waals surface area (Å²) in [6.45, 7) is 0. The predicted octanol–water partition coefficient (Wildman–Crippen LogP) is 1.13. The van der Waals surface area contributed by atoms with Crippen molar-refractivity contribution in [2.45, 2.75) is 19.3 Å². The van der Waals surface area contributed by atoms with E-state index in [0.717, 1.165) is 12.8 Å². The molecule has 0 heterocycles. The molecule has 0 spiro atoms. The fourth-order valence-electron chi connectivity index (χ4n) is 1.54. The van der Waals surface area contributed by atoms with Crippen molar-refractivity contribution in [1.82, 2.24) is 0 Å². The van der Waals surface area contributed by atoms with Gasteiger partial charge in [0, 0.05) is 0 Å². The zero-order valence-electron chi connectivity index (χ0n) is 7.14. The lowest BCUT2D eigenvalue weighted by Crippen LogP contribution is -2.27. The molecule has 0 saturated carbocycles. The summed E-state index contributed by atoms with van der Waals surface area (Å²) >= 11 is 0. The maximum Gasteiger partial charge on any atom is 0.311 e. The van der Waals surface area contributed by atoms with E-state index >= 15 is 0 Å². The molecule has 13 heavy (non-hydrogen) atoms. The van der Waals surface area contributed by atoms with Crippen LogP contribution in [-0.4, -0.2) is 22.2 Å². The van der Waals surface area contributed by atoms with Crippen LogP contribution in [0.1, 0.15) is 19.3 Å². The summed E-state index contributed by atoms with van der Waals surface area (Å²) < 4.78 is 0. The van der Waals surface area contributed by atoms with Crippen molar-refractivity contribution < 1.29 is 19.8 Å². The van der Waals surface area contributed by atoms with E-state index in [1.54, 1.807) is 6.08 Å². The number of carboxylic acids is 2. The SMILES string of the molecule is O=C(O)C1C=CCCCC1C(=O)O. The molecule has 0 amide bonds. The van der Waals surface area contributed by atoms with Gasteiger partial charge in [-0.1, -0.05) is 12.2 Å². The van der Waals surface area contributed by atoms with Gasteiger partial charge < -0.3 is 10.2 Å². The molecule has 0 aromatic rings. The van der Waals surface area contributed by atoms with Gasteiger partial charge in [-0.3, -0.25) is 9.59 Å². The lowest BCUT2D eigenvalue weighted by Gasteiger charge is -2.14. The van der Waals surface area contributed by atoms with E-state index in [0.29, 0.717) is 6.42 Å². The highest BCUT2D eigenvalue weighted by molar-refractivity contribution is 5.81. The first kappa shape index (κ1) is 9.77. The first-order valence-electron chi connectivity index (χ1n) is 4.25. The van der Waals surface area contributed by atoms with E-state index in [9.17, 15) is 9.59 Å². The van der Waals surface area contributed by atoms with Crippen molar-refractivity contribution in [3.8, 4) is 0 Å². The molecule has 0 bridgehead atoms. The molecule has 0 aromatic carbocycles. The van der Waals surface area contributed by atoms with E-state index < -0.39 is 23.8 Å². The van der Waals surface area contributed by atoms with Crippen molar-refractivity contribution in [3.05, 3.63) is 12.2 Å². The lowest BCUT2D eigenvalue weighted by atomic mass is 9.90. The largest absolute Gasteiger partial charge is 0.481 e. The molecular weight excluding hydrogens is 172 g/mol. The van der Waals surface area contributed by atoms with Gasteiger partial charge in [0.15, 0.2) is 0 Å². The number of carboxylic acid groups (broad SMARTS) is 2. The summed E-state index contributed by atoms with van der Waals surface area (Å²) in [6.07, 6.45) is 5.21. The number of allylic oxidation sites excluding steroid dienone is 1. The Kier molecular flexibility index (Phi) is 3.06. The number of hydrogen-bond donors (Lipinski definition) is 2. The molecule has 0 aliphatic heterocycles. The summed E-state index contributed by atoms with van der Waals surface area (Å²) in [6, 6.07) is 0. The van der Waals surface area contributed by atoms with Crippen molar-refractivity contribution in [2.24, 2.45) is 11.8 Å². The van der Waals surface area contributed by atoms with E-state index in [1.165, 1.54) is 6.08 Å². The van der Waals surface area contributed by atoms with Gasteiger partial charge in [-0.25, -0.2) is 0 Å². The Bertz CT molecular complexity index is 244. The average molecular weight is 184 g/mol. The highest BCUT2D eigenvalue weighted by Gasteiger charge is 2.32. The predicted molar refractivity (Wildman–Crippen MR) is 45.2 cm³/mol. The van der Waals surface area contributed by atoms with Gasteiger partial charge in [0.2, 0.25) is 0 Å². The zero-order chi connectivity index (χ0) is 9.84. The fourth-order valence-corrected chi connectivity index (χ4v) is 1.54. The second-order valence-corrected chi connectivity index (χ2v) is 3.17. The Morgan fingerprint density at radius 1 is 1.23 bits per heavy atom. The summed E-state index contributed by atoms with van der Waals surface area (Å²) in [5.41, 5.74) is 0. The number of carbonyl (C=O) groups is 2. The summed E-state index contributed by atoms with van der Waals surface area (Å²) in [5.74, 6) is -3.69. The van der Waals surface area contributed by atoms with E-state index in [4.69, 9.17) is 10.2 Å². The second kappa shape index (κ2) is 4.07. The summed E-state index contributed by atoms with van der Waals surface area (Å²) in [7, 11) is 0. The zero-order valence-corrected chi connectivity index (χ0v) is 7.14. The Hall–Kier alpha value is -1.32. The Labute approximate surface area is 75.9 Å². The van der Waals surface area contributed by atoms with Crippen molar-refractivity contribution in [3.63, 3.8) is 0 Å². The van der Waals surface area contributed by atoms with Crippen molar-refractivity contribution in [2.75, 3.05) is 0 Å². The van der Waals surface area contributed by atoms with Gasteiger partial charge >= 0.3 is 11.9 Å². The van der Waals surface area contributed by atoms with Crippen molar-refractivity contribution >= 4 is 11.9 Å². The molecule has 0 radical (unpaired) electrons. The highest BCUT2D eigenvalue weighted by Crippen LogP contribution is 2.24. The quantitative estimate of drug-likeness (QED) is 0.631. The number of rotatable bonds is 2. The monoisotopic (exact) mass is 184 g/mol.